The molecule has 2 fully saturated rings. The van der Waals surface area contributed by atoms with Gasteiger partial charge in [0.15, 0.2) is 0 Å². The van der Waals surface area contributed by atoms with Crippen LogP contribution in [0.3, 0.4) is 0 Å². The van der Waals surface area contributed by atoms with E-state index in [0.29, 0.717) is 5.92 Å². The lowest BCUT2D eigenvalue weighted by Crippen LogP contribution is -2.46. The van der Waals surface area contributed by atoms with Crippen LogP contribution in [0.1, 0.15) is 19.3 Å². The van der Waals surface area contributed by atoms with Gasteiger partial charge in [-0.2, -0.15) is 0 Å². The van der Waals surface area contributed by atoms with Crippen molar-refractivity contribution in [3.8, 4) is 0 Å². The van der Waals surface area contributed by atoms with Crippen LogP contribution < -0.4 is 0 Å². The zero-order valence-corrected chi connectivity index (χ0v) is 6.81. The Hall–Kier alpha value is -0.770. The summed E-state index contributed by atoms with van der Waals surface area (Å²) < 4.78 is 0. The topological polar surface area (TPSA) is 60.8 Å². The molecule has 0 aromatic carbocycles. The molecule has 2 aliphatic rings. The number of aliphatic hydroxyl groups is 1. The second-order valence-electron chi connectivity index (χ2n) is 3.67. The predicted molar refractivity (Wildman–Crippen MR) is 41.9 cm³/mol. The number of piperidine rings is 1. The first-order valence-corrected chi connectivity index (χ1v) is 4.36. The van der Waals surface area contributed by atoms with E-state index >= 15 is 0 Å². The summed E-state index contributed by atoms with van der Waals surface area (Å²) in [4.78, 5) is 12.2. The summed E-state index contributed by atoms with van der Waals surface area (Å²) in [5, 5.41) is 17.9. The normalized spacial score (nSPS) is 39.1. The van der Waals surface area contributed by atoms with E-state index in [-0.39, 0.29) is 18.7 Å². The molecule has 12 heavy (non-hydrogen) atoms. The van der Waals surface area contributed by atoms with E-state index in [4.69, 9.17) is 10.2 Å². The van der Waals surface area contributed by atoms with Gasteiger partial charge in [-0.3, -0.25) is 4.90 Å². The Labute approximate surface area is 70.8 Å². The lowest BCUT2D eigenvalue weighted by Gasteiger charge is -2.31. The monoisotopic (exact) mass is 171 g/mol. The maximum atomic E-state index is 10.8. The minimum Gasteiger partial charge on any atom is -0.465 e. The van der Waals surface area contributed by atoms with Gasteiger partial charge in [-0.25, -0.2) is 4.79 Å². The molecule has 2 bridgehead atoms. The van der Waals surface area contributed by atoms with Crippen LogP contribution in [0.25, 0.3) is 0 Å². The maximum absolute atomic E-state index is 10.8. The first-order valence-electron chi connectivity index (χ1n) is 4.36. The highest BCUT2D eigenvalue weighted by atomic mass is 16.4. The Morgan fingerprint density at radius 3 is 2.75 bits per heavy atom. The van der Waals surface area contributed by atoms with Gasteiger partial charge in [0.05, 0.1) is 12.6 Å². The summed E-state index contributed by atoms with van der Waals surface area (Å²) in [5.74, 6) is 0.413. The van der Waals surface area contributed by atoms with Crippen molar-refractivity contribution >= 4 is 6.09 Å². The van der Waals surface area contributed by atoms with Crippen LogP contribution in [0, 0.1) is 5.92 Å². The molecule has 0 unspecified atom stereocenters. The molecule has 0 spiro atoms. The molecule has 2 rings (SSSR count). The zero-order valence-electron chi connectivity index (χ0n) is 6.81. The summed E-state index contributed by atoms with van der Waals surface area (Å²) in [6.07, 6.45) is 2.14. The van der Waals surface area contributed by atoms with Gasteiger partial charge in [0.25, 0.3) is 0 Å². The third-order valence-electron chi connectivity index (χ3n) is 3.15. The molecular weight excluding hydrogens is 158 g/mol. The number of nitrogens with zero attached hydrogens (tertiary/aromatic N) is 1. The maximum Gasteiger partial charge on any atom is 0.407 e. The van der Waals surface area contributed by atoms with Crippen LogP contribution in [0.5, 0.6) is 0 Å². The molecule has 1 aliphatic heterocycles. The van der Waals surface area contributed by atoms with Gasteiger partial charge in [-0.05, 0) is 25.2 Å². The van der Waals surface area contributed by atoms with Crippen LogP contribution >= 0.6 is 0 Å². The van der Waals surface area contributed by atoms with Crippen molar-refractivity contribution in [1.29, 1.82) is 0 Å². The van der Waals surface area contributed by atoms with E-state index in [0.717, 1.165) is 19.3 Å². The SMILES string of the molecule is O=C(O)N1[C@@H]2CC[C@@H](C2)[C@H]1CO. The molecule has 1 heterocycles. The fraction of sp³-hybridized carbons (Fsp3) is 0.875. The number of amides is 1. The second-order valence-corrected chi connectivity index (χ2v) is 3.67. The van der Waals surface area contributed by atoms with Gasteiger partial charge in [0.2, 0.25) is 0 Å². The average molecular weight is 171 g/mol. The Morgan fingerprint density at radius 2 is 2.25 bits per heavy atom. The zero-order chi connectivity index (χ0) is 8.72. The quantitative estimate of drug-likeness (QED) is 0.604. The van der Waals surface area contributed by atoms with Gasteiger partial charge in [-0.15, -0.1) is 0 Å². The molecule has 3 atom stereocenters. The highest BCUT2D eigenvalue weighted by Gasteiger charge is 2.47. The van der Waals surface area contributed by atoms with Crippen molar-refractivity contribution in [3.63, 3.8) is 0 Å². The van der Waals surface area contributed by atoms with Gasteiger partial charge < -0.3 is 10.2 Å². The molecule has 0 aromatic heterocycles. The lowest BCUT2D eigenvalue weighted by atomic mass is 10.00. The molecule has 1 amide bonds. The van der Waals surface area contributed by atoms with E-state index in [1.807, 2.05) is 0 Å². The first-order chi connectivity index (χ1) is 5.74. The molecule has 1 saturated carbocycles. The van der Waals surface area contributed by atoms with Crippen LogP contribution in [0.15, 0.2) is 0 Å². The Morgan fingerprint density at radius 1 is 1.50 bits per heavy atom. The van der Waals surface area contributed by atoms with E-state index in [1.165, 1.54) is 4.90 Å². The van der Waals surface area contributed by atoms with E-state index in [1.54, 1.807) is 0 Å². The molecule has 4 nitrogen and oxygen atoms in total. The van der Waals surface area contributed by atoms with Crippen molar-refractivity contribution in [2.75, 3.05) is 6.61 Å². The minimum absolute atomic E-state index is 0.0204. The molecule has 0 radical (unpaired) electrons. The number of hydrogen-bond acceptors (Lipinski definition) is 2. The fourth-order valence-electron chi connectivity index (χ4n) is 2.63. The van der Waals surface area contributed by atoms with Crippen LogP contribution in [0.4, 0.5) is 4.79 Å². The summed E-state index contributed by atoms with van der Waals surface area (Å²) in [6, 6.07) is 0.0610. The summed E-state index contributed by atoms with van der Waals surface area (Å²) in [7, 11) is 0. The van der Waals surface area contributed by atoms with Crippen molar-refractivity contribution in [1.82, 2.24) is 4.90 Å². The number of hydrogen-bond donors (Lipinski definition) is 2. The average Bonchev–Trinajstić information content (AvgIpc) is 2.60. The lowest BCUT2D eigenvalue weighted by molar-refractivity contribution is 0.0737. The Kier molecular flexibility index (Phi) is 1.72. The largest absolute Gasteiger partial charge is 0.465 e. The third-order valence-corrected chi connectivity index (χ3v) is 3.15. The predicted octanol–water partition coefficient (Wildman–Crippen LogP) is 0.510. The van der Waals surface area contributed by atoms with Gasteiger partial charge in [0.1, 0.15) is 0 Å². The van der Waals surface area contributed by atoms with Crippen molar-refractivity contribution in [2.24, 2.45) is 5.92 Å². The summed E-state index contributed by atoms with van der Waals surface area (Å²) >= 11 is 0. The van der Waals surface area contributed by atoms with Crippen LogP contribution in [-0.2, 0) is 0 Å². The Balaban J connectivity index is 2.16. The minimum atomic E-state index is -0.874. The van der Waals surface area contributed by atoms with Crippen LogP contribution in [0.2, 0.25) is 0 Å². The standard InChI is InChI=1S/C8H13NO3/c10-4-7-5-1-2-6(3-5)9(7)8(11)12/h5-7,10H,1-4H2,(H,11,12)/t5-,6+,7+/m0/s1. The highest BCUT2D eigenvalue weighted by molar-refractivity contribution is 5.66. The van der Waals surface area contributed by atoms with E-state index in [2.05, 4.69) is 0 Å². The number of fused-ring (bicyclic) bond motifs is 2. The van der Waals surface area contributed by atoms with Gasteiger partial charge in [0, 0.05) is 6.04 Å². The summed E-state index contributed by atoms with van der Waals surface area (Å²) in [6.45, 7) is -0.0204. The molecule has 0 aromatic rings. The smallest absolute Gasteiger partial charge is 0.407 e. The van der Waals surface area contributed by atoms with Crippen molar-refractivity contribution in [3.05, 3.63) is 0 Å². The van der Waals surface area contributed by atoms with Gasteiger partial charge >= 0.3 is 6.09 Å². The number of carboxylic acid groups (broad SMARTS) is 1. The molecule has 1 aliphatic carbocycles. The summed E-state index contributed by atoms with van der Waals surface area (Å²) in [5.41, 5.74) is 0. The fourth-order valence-corrected chi connectivity index (χ4v) is 2.63. The second kappa shape index (κ2) is 2.62. The molecule has 1 saturated heterocycles. The van der Waals surface area contributed by atoms with Crippen molar-refractivity contribution in [2.45, 2.75) is 31.3 Å². The van der Waals surface area contributed by atoms with Gasteiger partial charge in [-0.1, -0.05) is 0 Å². The number of carbonyl (C=O) groups is 1. The third kappa shape index (κ3) is 0.909. The molecule has 2 N–H and O–H groups in total. The Bertz CT molecular complexity index is 206. The number of likely N-dealkylation sites (tertiary alicyclic amines) is 1. The van der Waals surface area contributed by atoms with Crippen molar-refractivity contribution < 1.29 is 15.0 Å². The highest BCUT2D eigenvalue weighted by Crippen LogP contribution is 2.41. The molecule has 4 heteroatoms. The molecular formula is C8H13NO3. The number of aliphatic hydroxyl groups excluding tert-OH is 1. The number of rotatable bonds is 1. The first kappa shape index (κ1) is 7.86. The molecule has 68 valence electrons. The van der Waals surface area contributed by atoms with E-state index < -0.39 is 6.09 Å². The van der Waals surface area contributed by atoms with E-state index in [9.17, 15) is 4.79 Å². The van der Waals surface area contributed by atoms with Crippen LogP contribution in [-0.4, -0.2) is 39.9 Å².